The van der Waals surface area contributed by atoms with Crippen molar-refractivity contribution in [2.45, 2.75) is 13.0 Å². The van der Waals surface area contributed by atoms with Gasteiger partial charge in [-0.15, -0.1) is 0 Å². The molecule has 2 aromatic carbocycles. The Balaban J connectivity index is 2.52. The summed E-state index contributed by atoms with van der Waals surface area (Å²) in [6.45, 7) is 2.57. The van der Waals surface area contributed by atoms with Gasteiger partial charge in [-0.05, 0) is 48.5 Å². The van der Waals surface area contributed by atoms with E-state index in [0.29, 0.717) is 12.1 Å². The largest absolute Gasteiger partial charge is 0.306 e. The van der Waals surface area contributed by atoms with E-state index < -0.39 is 17.7 Å². The van der Waals surface area contributed by atoms with Gasteiger partial charge in [0.25, 0.3) is 0 Å². The summed E-state index contributed by atoms with van der Waals surface area (Å²) in [6.07, 6.45) is 0. The van der Waals surface area contributed by atoms with Gasteiger partial charge in [-0.3, -0.25) is 0 Å². The molecule has 0 amide bonds. The number of halogens is 4. The summed E-state index contributed by atoms with van der Waals surface area (Å²) in [7, 11) is 0. The Morgan fingerprint density at radius 3 is 2.30 bits per heavy atom. The molecule has 2 aromatic rings. The highest BCUT2D eigenvalue weighted by atomic mass is 79.9. The lowest BCUT2D eigenvalue weighted by atomic mass is 9.98. The predicted octanol–water partition coefficient (Wildman–Crippen LogP) is 5.19. The van der Waals surface area contributed by atoms with E-state index in [1.54, 1.807) is 0 Å². The Bertz CT molecular complexity index is 597. The van der Waals surface area contributed by atoms with E-state index in [4.69, 9.17) is 0 Å². The molecule has 5 heteroatoms. The minimum Gasteiger partial charge on any atom is -0.306 e. The van der Waals surface area contributed by atoms with E-state index in [1.165, 1.54) is 6.07 Å². The van der Waals surface area contributed by atoms with Gasteiger partial charge in [0.2, 0.25) is 0 Å². The lowest BCUT2D eigenvalue weighted by Gasteiger charge is -2.20. The van der Waals surface area contributed by atoms with Gasteiger partial charge < -0.3 is 5.32 Å². The number of rotatable bonds is 4. The SMILES string of the molecule is CCNC(c1cc(Br)cc(Br)c1)c1cc(F)ccc1F. The number of hydrogen-bond acceptors (Lipinski definition) is 1. The molecule has 0 spiro atoms. The first-order valence-corrected chi connectivity index (χ1v) is 7.74. The van der Waals surface area contributed by atoms with E-state index >= 15 is 0 Å². The van der Waals surface area contributed by atoms with Crippen LogP contribution >= 0.6 is 31.9 Å². The van der Waals surface area contributed by atoms with Gasteiger partial charge in [0, 0.05) is 14.5 Å². The van der Waals surface area contributed by atoms with E-state index in [2.05, 4.69) is 37.2 Å². The Morgan fingerprint density at radius 2 is 1.70 bits per heavy atom. The van der Waals surface area contributed by atoms with Crippen molar-refractivity contribution in [1.82, 2.24) is 5.32 Å². The summed E-state index contributed by atoms with van der Waals surface area (Å²) in [5.41, 5.74) is 1.16. The maximum atomic E-state index is 14.0. The van der Waals surface area contributed by atoms with E-state index in [0.717, 1.165) is 26.6 Å². The van der Waals surface area contributed by atoms with Crippen molar-refractivity contribution >= 4 is 31.9 Å². The predicted molar refractivity (Wildman–Crippen MR) is 83.7 cm³/mol. The van der Waals surface area contributed by atoms with Crippen LogP contribution in [0.2, 0.25) is 0 Å². The standard InChI is InChI=1S/C15H13Br2F2N/c1-2-20-15(9-5-10(16)7-11(17)6-9)13-8-12(18)3-4-14(13)19/h3-8,15,20H,2H2,1H3. The van der Waals surface area contributed by atoms with Crippen LogP contribution in [-0.2, 0) is 0 Å². The normalized spacial score (nSPS) is 12.4. The molecule has 1 N–H and O–H groups in total. The Labute approximate surface area is 133 Å². The molecule has 0 aromatic heterocycles. The van der Waals surface area contributed by atoms with Crippen LogP contribution in [0.15, 0.2) is 45.3 Å². The highest BCUT2D eigenvalue weighted by molar-refractivity contribution is 9.11. The van der Waals surface area contributed by atoms with Crippen molar-refractivity contribution in [2.75, 3.05) is 6.54 Å². The van der Waals surface area contributed by atoms with Crippen molar-refractivity contribution in [1.29, 1.82) is 0 Å². The molecule has 20 heavy (non-hydrogen) atoms. The molecule has 0 saturated heterocycles. The lowest BCUT2D eigenvalue weighted by molar-refractivity contribution is 0.544. The average molecular weight is 405 g/mol. The molecule has 0 aliphatic heterocycles. The molecule has 1 nitrogen and oxygen atoms in total. The molecule has 0 heterocycles. The van der Waals surface area contributed by atoms with Gasteiger partial charge in [0.05, 0.1) is 6.04 Å². The van der Waals surface area contributed by atoms with Crippen molar-refractivity contribution < 1.29 is 8.78 Å². The van der Waals surface area contributed by atoms with Gasteiger partial charge >= 0.3 is 0 Å². The minimum absolute atomic E-state index is 0.303. The topological polar surface area (TPSA) is 12.0 Å². The van der Waals surface area contributed by atoms with E-state index in [9.17, 15) is 8.78 Å². The average Bonchev–Trinajstić information content (AvgIpc) is 2.38. The van der Waals surface area contributed by atoms with Crippen LogP contribution in [0.25, 0.3) is 0 Å². The van der Waals surface area contributed by atoms with Crippen LogP contribution in [-0.4, -0.2) is 6.54 Å². The Hall–Kier alpha value is -0.780. The second-order valence-electron chi connectivity index (χ2n) is 4.36. The summed E-state index contributed by atoms with van der Waals surface area (Å²) in [4.78, 5) is 0. The summed E-state index contributed by atoms with van der Waals surface area (Å²) in [5, 5.41) is 3.19. The Morgan fingerprint density at radius 1 is 1.05 bits per heavy atom. The summed E-state index contributed by atoms with van der Waals surface area (Å²) in [6, 6.07) is 8.79. The molecular formula is C15H13Br2F2N. The van der Waals surface area contributed by atoms with Crippen molar-refractivity contribution in [3.05, 3.63) is 68.1 Å². The highest BCUT2D eigenvalue weighted by Gasteiger charge is 2.18. The van der Waals surface area contributed by atoms with Gasteiger partial charge in [-0.2, -0.15) is 0 Å². The zero-order chi connectivity index (χ0) is 14.7. The van der Waals surface area contributed by atoms with Crippen LogP contribution in [0.5, 0.6) is 0 Å². The Kier molecular flexibility index (Phi) is 5.29. The first-order valence-electron chi connectivity index (χ1n) is 6.15. The monoisotopic (exact) mass is 403 g/mol. The maximum absolute atomic E-state index is 14.0. The van der Waals surface area contributed by atoms with E-state index in [1.807, 2.05) is 25.1 Å². The fourth-order valence-corrected chi connectivity index (χ4v) is 3.42. The van der Waals surface area contributed by atoms with Crippen LogP contribution in [0.4, 0.5) is 8.78 Å². The molecule has 0 saturated carbocycles. The molecule has 0 fully saturated rings. The van der Waals surface area contributed by atoms with Gasteiger partial charge in [-0.1, -0.05) is 38.8 Å². The third-order valence-electron chi connectivity index (χ3n) is 2.90. The number of nitrogens with one attached hydrogen (secondary N) is 1. The van der Waals surface area contributed by atoms with Crippen LogP contribution in [0.1, 0.15) is 24.1 Å². The quantitative estimate of drug-likeness (QED) is 0.739. The molecule has 2 rings (SSSR count). The first-order chi connectivity index (χ1) is 9.51. The second kappa shape index (κ2) is 6.78. The zero-order valence-electron chi connectivity index (χ0n) is 10.8. The van der Waals surface area contributed by atoms with Crippen LogP contribution < -0.4 is 5.32 Å². The zero-order valence-corrected chi connectivity index (χ0v) is 13.9. The minimum atomic E-state index is -0.446. The fraction of sp³-hybridized carbons (Fsp3) is 0.200. The highest BCUT2D eigenvalue weighted by Crippen LogP contribution is 2.30. The lowest BCUT2D eigenvalue weighted by Crippen LogP contribution is -2.23. The molecule has 0 bridgehead atoms. The van der Waals surface area contributed by atoms with Gasteiger partial charge in [0.15, 0.2) is 0 Å². The number of benzene rings is 2. The second-order valence-corrected chi connectivity index (χ2v) is 6.19. The van der Waals surface area contributed by atoms with Gasteiger partial charge in [0.1, 0.15) is 11.6 Å². The molecule has 1 unspecified atom stereocenters. The van der Waals surface area contributed by atoms with E-state index in [-0.39, 0.29) is 0 Å². The maximum Gasteiger partial charge on any atom is 0.128 e. The number of hydrogen-bond donors (Lipinski definition) is 1. The first kappa shape index (κ1) is 15.6. The molecule has 0 aliphatic rings. The summed E-state index contributed by atoms with van der Waals surface area (Å²) in [5.74, 6) is -0.869. The van der Waals surface area contributed by atoms with Crippen molar-refractivity contribution in [3.8, 4) is 0 Å². The van der Waals surface area contributed by atoms with Crippen LogP contribution in [0, 0.1) is 11.6 Å². The third-order valence-corrected chi connectivity index (χ3v) is 3.81. The summed E-state index contributed by atoms with van der Waals surface area (Å²) < 4.78 is 29.2. The molecule has 0 radical (unpaired) electrons. The van der Waals surface area contributed by atoms with Crippen LogP contribution in [0.3, 0.4) is 0 Å². The molecule has 106 valence electrons. The van der Waals surface area contributed by atoms with Crippen molar-refractivity contribution in [2.24, 2.45) is 0 Å². The van der Waals surface area contributed by atoms with Crippen molar-refractivity contribution in [3.63, 3.8) is 0 Å². The van der Waals surface area contributed by atoms with Gasteiger partial charge in [-0.25, -0.2) is 8.78 Å². The summed E-state index contributed by atoms with van der Waals surface area (Å²) >= 11 is 6.82. The fourth-order valence-electron chi connectivity index (χ4n) is 2.09. The molecule has 0 aliphatic carbocycles. The molecular weight excluding hydrogens is 392 g/mol. The third kappa shape index (κ3) is 3.65. The smallest absolute Gasteiger partial charge is 0.128 e. The molecule has 1 atom stereocenters.